The molecule has 4 rings (SSSR count). The van der Waals surface area contributed by atoms with Crippen LogP contribution in [0.3, 0.4) is 0 Å². The van der Waals surface area contributed by atoms with Crippen LogP contribution in [0.25, 0.3) is 0 Å². The molecule has 0 N–H and O–H groups in total. The Labute approximate surface area is 140 Å². The molecule has 1 aromatic carbocycles. The number of esters is 2. The SMILES string of the molecule is COC(=O)CCC12C=CC(CCC(=O)OC)(OO1)c1ccccc12. The number of hydrogen-bond donors (Lipinski definition) is 0. The number of methoxy groups -OCH3 is 2. The molecule has 1 aromatic rings. The zero-order chi connectivity index (χ0) is 17.2. The van der Waals surface area contributed by atoms with Crippen molar-refractivity contribution in [3.8, 4) is 0 Å². The third kappa shape index (κ3) is 2.72. The molecule has 0 aromatic heterocycles. The molecule has 0 saturated heterocycles. The number of carbonyl (C=O) groups excluding carboxylic acids is 2. The molecule has 3 aliphatic rings. The maximum Gasteiger partial charge on any atom is 0.305 e. The highest BCUT2D eigenvalue weighted by Crippen LogP contribution is 2.52. The van der Waals surface area contributed by atoms with E-state index in [1.54, 1.807) is 0 Å². The molecule has 2 aliphatic heterocycles. The second-order valence-electron chi connectivity index (χ2n) is 5.98. The van der Waals surface area contributed by atoms with Crippen LogP contribution >= 0.6 is 0 Å². The van der Waals surface area contributed by atoms with Gasteiger partial charge in [0.2, 0.25) is 0 Å². The van der Waals surface area contributed by atoms with Crippen LogP contribution < -0.4 is 0 Å². The fraction of sp³-hybridized carbons (Fsp3) is 0.444. The monoisotopic (exact) mass is 332 g/mol. The van der Waals surface area contributed by atoms with Gasteiger partial charge in [0, 0.05) is 12.8 Å². The highest BCUT2D eigenvalue weighted by molar-refractivity contribution is 5.70. The van der Waals surface area contributed by atoms with Crippen LogP contribution in [0.4, 0.5) is 0 Å². The molecule has 128 valence electrons. The minimum atomic E-state index is -0.808. The fourth-order valence-corrected chi connectivity index (χ4v) is 3.26. The molecule has 0 saturated carbocycles. The third-order valence-electron chi connectivity index (χ3n) is 4.66. The molecule has 2 heterocycles. The normalized spacial score (nSPS) is 26.8. The van der Waals surface area contributed by atoms with E-state index in [1.165, 1.54) is 14.2 Å². The first kappa shape index (κ1) is 16.7. The topological polar surface area (TPSA) is 71.1 Å². The summed E-state index contributed by atoms with van der Waals surface area (Å²) < 4.78 is 9.44. The van der Waals surface area contributed by atoms with Crippen molar-refractivity contribution in [2.75, 3.05) is 14.2 Å². The molecule has 0 spiro atoms. The van der Waals surface area contributed by atoms with Gasteiger partial charge in [0.15, 0.2) is 0 Å². The number of fused-ring (bicyclic) bond motifs is 1. The molecular formula is C18H20O6. The van der Waals surface area contributed by atoms with Crippen molar-refractivity contribution in [3.63, 3.8) is 0 Å². The van der Waals surface area contributed by atoms with Crippen LogP contribution in [0.1, 0.15) is 36.8 Å². The number of rotatable bonds is 6. The Balaban J connectivity index is 1.90. The lowest BCUT2D eigenvalue weighted by molar-refractivity contribution is -0.425. The Morgan fingerprint density at radius 2 is 1.29 bits per heavy atom. The average molecular weight is 332 g/mol. The van der Waals surface area contributed by atoms with Crippen molar-refractivity contribution in [2.45, 2.75) is 36.9 Å². The van der Waals surface area contributed by atoms with Gasteiger partial charge in [0.25, 0.3) is 0 Å². The molecule has 0 amide bonds. The number of carbonyl (C=O) groups is 2. The molecule has 2 unspecified atom stereocenters. The fourth-order valence-electron chi connectivity index (χ4n) is 3.26. The van der Waals surface area contributed by atoms with Gasteiger partial charge in [-0.25, -0.2) is 9.78 Å². The van der Waals surface area contributed by atoms with Gasteiger partial charge >= 0.3 is 11.9 Å². The van der Waals surface area contributed by atoms with Crippen LogP contribution in [0.15, 0.2) is 36.4 Å². The smallest absolute Gasteiger partial charge is 0.305 e. The standard InChI is InChI=1S/C18H20O6/c1-21-15(19)7-9-17-11-12-18(24-23-17,10-8-16(20)22-2)14-6-4-3-5-13(14)17/h3-6,11-12H,7-10H2,1-2H3. The summed E-state index contributed by atoms with van der Waals surface area (Å²) in [5.41, 5.74) is 0.287. The molecule has 24 heavy (non-hydrogen) atoms. The lowest BCUT2D eigenvalue weighted by Crippen LogP contribution is -2.47. The minimum absolute atomic E-state index is 0.216. The first-order valence-electron chi connectivity index (χ1n) is 7.86. The van der Waals surface area contributed by atoms with Gasteiger partial charge in [-0.2, -0.15) is 0 Å². The largest absolute Gasteiger partial charge is 0.469 e. The van der Waals surface area contributed by atoms with Gasteiger partial charge in [-0.15, -0.1) is 0 Å². The summed E-state index contributed by atoms with van der Waals surface area (Å²) >= 11 is 0. The second-order valence-corrected chi connectivity index (χ2v) is 5.98. The first-order valence-corrected chi connectivity index (χ1v) is 7.86. The van der Waals surface area contributed by atoms with E-state index in [4.69, 9.17) is 19.2 Å². The predicted molar refractivity (Wildman–Crippen MR) is 83.6 cm³/mol. The Bertz CT molecular complexity index is 625. The van der Waals surface area contributed by atoms with E-state index in [0.29, 0.717) is 12.8 Å². The van der Waals surface area contributed by atoms with Crippen LogP contribution in [-0.4, -0.2) is 26.2 Å². The molecular weight excluding hydrogens is 312 g/mol. The lowest BCUT2D eigenvalue weighted by Gasteiger charge is -2.48. The molecule has 6 heteroatoms. The van der Waals surface area contributed by atoms with E-state index >= 15 is 0 Å². The Morgan fingerprint density at radius 1 is 0.875 bits per heavy atom. The summed E-state index contributed by atoms with van der Waals surface area (Å²) in [7, 11) is 2.72. The highest BCUT2D eigenvalue weighted by atomic mass is 17.2. The molecule has 6 nitrogen and oxygen atoms in total. The average Bonchev–Trinajstić information content (AvgIpc) is 2.65. The molecule has 1 aliphatic carbocycles. The Hall–Kier alpha value is -2.18. The highest BCUT2D eigenvalue weighted by Gasteiger charge is 2.51. The van der Waals surface area contributed by atoms with Crippen molar-refractivity contribution in [2.24, 2.45) is 0 Å². The quantitative estimate of drug-likeness (QED) is 0.453. The summed E-state index contributed by atoms with van der Waals surface area (Å²) in [6.45, 7) is 0. The van der Waals surface area contributed by atoms with E-state index in [-0.39, 0.29) is 24.8 Å². The summed E-state index contributed by atoms with van der Waals surface area (Å²) in [6, 6.07) is 7.77. The van der Waals surface area contributed by atoms with Crippen LogP contribution in [0, 0.1) is 0 Å². The molecule has 0 fully saturated rings. The zero-order valence-electron chi connectivity index (χ0n) is 13.7. The van der Waals surface area contributed by atoms with Gasteiger partial charge in [-0.05, 0) is 36.1 Å². The van der Waals surface area contributed by atoms with Crippen LogP contribution in [-0.2, 0) is 40.0 Å². The maximum atomic E-state index is 11.5. The summed E-state index contributed by atoms with van der Waals surface area (Å²) in [5.74, 6) is -0.598. The molecule has 2 atom stereocenters. The summed E-state index contributed by atoms with van der Waals surface area (Å²) in [4.78, 5) is 34.5. The van der Waals surface area contributed by atoms with Crippen molar-refractivity contribution < 1.29 is 28.8 Å². The van der Waals surface area contributed by atoms with E-state index in [9.17, 15) is 9.59 Å². The molecule has 2 bridgehead atoms. The van der Waals surface area contributed by atoms with Gasteiger partial charge < -0.3 is 9.47 Å². The van der Waals surface area contributed by atoms with Crippen LogP contribution in [0.5, 0.6) is 0 Å². The molecule has 0 radical (unpaired) electrons. The van der Waals surface area contributed by atoms with Crippen LogP contribution in [0.2, 0.25) is 0 Å². The number of ether oxygens (including phenoxy) is 2. The van der Waals surface area contributed by atoms with Gasteiger partial charge in [-0.3, -0.25) is 9.59 Å². The maximum absolute atomic E-state index is 11.5. The van der Waals surface area contributed by atoms with Gasteiger partial charge in [0.1, 0.15) is 11.2 Å². The number of hydrogen-bond acceptors (Lipinski definition) is 6. The van der Waals surface area contributed by atoms with Crippen molar-refractivity contribution in [3.05, 3.63) is 47.5 Å². The number of benzene rings is 1. The van der Waals surface area contributed by atoms with Crippen molar-refractivity contribution in [1.29, 1.82) is 0 Å². The van der Waals surface area contributed by atoms with Gasteiger partial charge in [-0.1, -0.05) is 24.3 Å². The van der Waals surface area contributed by atoms with E-state index in [2.05, 4.69) is 0 Å². The predicted octanol–water partition coefficient (Wildman–Crippen LogP) is 2.52. The second kappa shape index (κ2) is 6.37. The minimum Gasteiger partial charge on any atom is -0.469 e. The van der Waals surface area contributed by atoms with Gasteiger partial charge in [0.05, 0.1) is 14.2 Å². The Kier molecular flexibility index (Phi) is 4.43. The van der Waals surface area contributed by atoms with E-state index in [0.717, 1.165) is 11.1 Å². The van der Waals surface area contributed by atoms with E-state index in [1.807, 2.05) is 36.4 Å². The third-order valence-corrected chi connectivity index (χ3v) is 4.66. The Morgan fingerprint density at radius 3 is 1.62 bits per heavy atom. The zero-order valence-corrected chi connectivity index (χ0v) is 13.7. The van der Waals surface area contributed by atoms with Crippen molar-refractivity contribution in [1.82, 2.24) is 0 Å². The van der Waals surface area contributed by atoms with Crippen molar-refractivity contribution >= 4 is 11.9 Å². The van der Waals surface area contributed by atoms with E-state index < -0.39 is 11.2 Å². The summed E-state index contributed by atoms with van der Waals surface area (Å²) in [6.07, 6.45) is 5.10. The lowest BCUT2D eigenvalue weighted by atomic mass is 9.72. The first-order chi connectivity index (χ1) is 11.6. The summed E-state index contributed by atoms with van der Waals surface area (Å²) in [5, 5.41) is 0.